The maximum absolute atomic E-state index is 7.20. The van der Waals surface area contributed by atoms with E-state index < -0.39 is 0 Å². The van der Waals surface area contributed by atoms with E-state index in [4.69, 9.17) is 15.9 Å². The molecule has 0 unspecified atom stereocenters. The van der Waals surface area contributed by atoms with Gasteiger partial charge in [0.25, 0.3) is 0 Å². The second kappa shape index (κ2) is 6.49. The number of aromatic nitrogens is 2. The maximum atomic E-state index is 7.20. The van der Waals surface area contributed by atoms with Crippen molar-refractivity contribution >= 4 is 5.84 Å². The fraction of sp³-hybridized carbons (Fsp3) is 0.214. The lowest BCUT2D eigenvalue weighted by molar-refractivity contribution is 0.298. The van der Waals surface area contributed by atoms with Crippen LogP contribution in [0.3, 0.4) is 0 Å². The molecule has 0 aliphatic rings. The molecule has 0 atom stereocenters. The quantitative estimate of drug-likeness (QED) is 0.468. The molecular weight excluding hydrogens is 240 g/mol. The molecule has 3 N–H and O–H groups in total. The van der Waals surface area contributed by atoms with Crippen LogP contribution in [0.5, 0.6) is 5.88 Å². The van der Waals surface area contributed by atoms with E-state index in [1.54, 1.807) is 0 Å². The van der Waals surface area contributed by atoms with Crippen molar-refractivity contribution in [2.45, 2.75) is 12.8 Å². The Balaban J connectivity index is 1.75. The van der Waals surface area contributed by atoms with Crippen molar-refractivity contribution in [3.8, 4) is 5.88 Å². The van der Waals surface area contributed by atoms with Crippen LogP contribution in [0.1, 0.15) is 17.7 Å². The molecule has 0 saturated heterocycles. The average molecular weight is 256 g/mol. The third-order valence-electron chi connectivity index (χ3n) is 2.61. The van der Waals surface area contributed by atoms with E-state index in [2.05, 4.69) is 22.1 Å². The first-order valence-corrected chi connectivity index (χ1v) is 6.09. The number of amidine groups is 1. The summed E-state index contributed by atoms with van der Waals surface area (Å²) >= 11 is 0. The Bertz CT molecular complexity index is 525. The normalized spacial score (nSPS) is 10.1. The number of nitrogen functional groups attached to an aromatic ring is 1. The Morgan fingerprint density at radius 1 is 1.16 bits per heavy atom. The van der Waals surface area contributed by atoms with Gasteiger partial charge < -0.3 is 10.5 Å². The molecule has 0 fully saturated rings. The lowest BCUT2D eigenvalue weighted by Crippen LogP contribution is -2.13. The van der Waals surface area contributed by atoms with E-state index in [1.807, 2.05) is 18.2 Å². The summed E-state index contributed by atoms with van der Waals surface area (Å²) in [4.78, 5) is 8.02. The molecule has 19 heavy (non-hydrogen) atoms. The molecule has 5 heteroatoms. The van der Waals surface area contributed by atoms with Gasteiger partial charge in [0.1, 0.15) is 11.5 Å². The number of ether oxygens (including phenoxy) is 1. The van der Waals surface area contributed by atoms with E-state index in [1.165, 1.54) is 18.0 Å². The highest BCUT2D eigenvalue weighted by Crippen LogP contribution is 2.06. The first kappa shape index (κ1) is 13.0. The minimum atomic E-state index is -0.0943. The molecule has 0 bridgehead atoms. The van der Waals surface area contributed by atoms with Crippen LogP contribution >= 0.6 is 0 Å². The standard InChI is InChI=1S/C14H16N4O/c15-14(16)12-9-18-13(10-17-12)19-8-4-7-11-5-2-1-3-6-11/h1-3,5-6,9-10H,4,7-8H2,(H3,15,16). The van der Waals surface area contributed by atoms with E-state index in [-0.39, 0.29) is 5.84 Å². The Hall–Kier alpha value is -2.43. The largest absolute Gasteiger partial charge is 0.477 e. The predicted molar refractivity (Wildman–Crippen MR) is 73.3 cm³/mol. The Labute approximate surface area is 112 Å². The summed E-state index contributed by atoms with van der Waals surface area (Å²) in [6.07, 6.45) is 4.81. The Morgan fingerprint density at radius 3 is 2.58 bits per heavy atom. The van der Waals surface area contributed by atoms with Crippen LogP contribution < -0.4 is 10.5 Å². The van der Waals surface area contributed by atoms with Gasteiger partial charge >= 0.3 is 0 Å². The van der Waals surface area contributed by atoms with Gasteiger partial charge in [-0.3, -0.25) is 5.41 Å². The molecular formula is C14H16N4O. The van der Waals surface area contributed by atoms with Crippen LogP contribution in [0.2, 0.25) is 0 Å². The van der Waals surface area contributed by atoms with Crippen molar-refractivity contribution in [2.24, 2.45) is 5.73 Å². The van der Waals surface area contributed by atoms with Gasteiger partial charge in [-0.25, -0.2) is 9.97 Å². The molecule has 0 radical (unpaired) electrons. The van der Waals surface area contributed by atoms with E-state index in [0.29, 0.717) is 18.2 Å². The summed E-state index contributed by atoms with van der Waals surface area (Å²) in [7, 11) is 0. The molecule has 1 aromatic carbocycles. The number of hydrogen-bond acceptors (Lipinski definition) is 4. The summed E-state index contributed by atoms with van der Waals surface area (Å²) in [6.45, 7) is 0.586. The second-order valence-electron chi connectivity index (χ2n) is 4.09. The molecule has 5 nitrogen and oxygen atoms in total. The van der Waals surface area contributed by atoms with Gasteiger partial charge in [-0.05, 0) is 18.4 Å². The summed E-state index contributed by atoms with van der Waals surface area (Å²) < 4.78 is 5.48. The third kappa shape index (κ3) is 4.06. The van der Waals surface area contributed by atoms with Crippen LogP contribution in [0, 0.1) is 5.41 Å². The van der Waals surface area contributed by atoms with Crippen LogP contribution in [0.4, 0.5) is 0 Å². The monoisotopic (exact) mass is 256 g/mol. The molecule has 0 amide bonds. The van der Waals surface area contributed by atoms with Gasteiger partial charge in [-0.2, -0.15) is 0 Å². The first-order chi connectivity index (χ1) is 9.25. The molecule has 2 aromatic rings. The van der Waals surface area contributed by atoms with Gasteiger partial charge in [0.15, 0.2) is 0 Å². The van der Waals surface area contributed by atoms with E-state index >= 15 is 0 Å². The lowest BCUT2D eigenvalue weighted by Gasteiger charge is -2.05. The third-order valence-corrected chi connectivity index (χ3v) is 2.61. The molecule has 0 saturated carbocycles. The summed E-state index contributed by atoms with van der Waals surface area (Å²) in [6, 6.07) is 10.3. The zero-order valence-corrected chi connectivity index (χ0v) is 10.5. The molecule has 1 heterocycles. The number of benzene rings is 1. The minimum absolute atomic E-state index is 0.0943. The van der Waals surface area contributed by atoms with Crippen molar-refractivity contribution in [1.82, 2.24) is 9.97 Å². The number of rotatable bonds is 6. The summed E-state index contributed by atoms with van der Waals surface area (Å²) in [5.74, 6) is 0.362. The van der Waals surface area contributed by atoms with Crippen molar-refractivity contribution < 1.29 is 4.74 Å². The number of hydrogen-bond donors (Lipinski definition) is 2. The number of nitrogens with two attached hydrogens (primary N) is 1. The number of nitrogens with zero attached hydrogens (tertiary/aromatic N) is 2. The van der Waals surface area contributed by atoms with Gasteiger partial charge in [0.05, 0.1) is 19.0 Å². The van der Waals surface area contributed by atoms with Crippen LogP contribution in [-0.4, -0.2) is 22.4 Å². The molecule has 0 spiro atoms. The zero-order valence-electron chi connectivity index (χ0n) is 10.5. The number of nitrogens with one attached hydrogen (secondary N) is 1. The van der Waals surface area contributed by atoms with Crippen LogP contribution in [0.25, 0.3) is 0 Å². The van der Waals surface area contributed by atoms with E-state index in [9.17, 15) is 0 Å². The van der Waals surface area contributed by atoms with Gasteiger partial charge in [0.2, 0.25) is 5.88 Å². The summed E-state index contributed by atoms with van der Waals surface area (Å²) in [5, 5.41) is 7.20. The highest BCUT2D eigenvalue weighted by atomic mass is 16.5. The van der Waals surface area contributed by atoms with E-state index in [0.717, 1.165) is 12.8 Å². The Morgan fingerprint density at radius 2 is 1.95 bits per heavy atom. The molecule has 98 valence electrons. The highest BCUT2D eigenvalue weighted by Gasteiger charge is 2.00. The van der Waals surface area contributed by atoms with Crippen molar-refractivity contribution in [1.29, 1.82) is 5.41 Å². The lowest BCUT2D eigenvalue weighted by atomic mass is 10.1. The summed E-state index contributed by atoms with van der Waals surface area (Å²) in [5.41, 5.74) is 6.94. The minimum Gasteiger partial charge on any atom is -0.477 e. The Kier molecular flexibility index (Phi) is 4.44. The smallest absolute Gasteiger partial charge is 0.232 e. The fourth-order valence-electron chi connectivity index (χ4n) is 1.63. The van der Waals surface area contributed by atoms with Crippen molar-refractivity contribution in [3.05, 3.63) is 54.0 Å². The molecule has 2 rings (SSSR count). The fourth-order valence-corrected chi connectivity index (χ4v) is 1.63. The predicted octanol–water partition coefficient (Wildman–Crippen LogP) is 1.77. The molecule has 0 aliphatic heterocycles. The van der Waals surface area contributed by atoms with Crippen LogP contribution in [-0.2, 0) is 6.42 Å². The second-order valence-corrected chi connectivity index (χ2v) is 4.09. The highest BCUT2D eigenvalue weighted by molar-refractivity contribution is 5.92. The topological polar surface area (TPSA) is 84.9 Å². The van der Waals surface area contributed by atoms with Crippen molar-refractivity contribution in [3.63, 3.8) is 0 Å². The van der Waals surface area contributed by atoms with Gasteiger partial charge in [-0.1, -0.05) is 30.3 Å². The zero-order chi connectivity index (χ0) is 13.5. The van der Waals surface area contributed by atoms with Gasteiger partial charge in [-0.15, -0.1) is 0 Å². The molecule has 1 aromatic heterocycles. The average Bonchev–Trinajstić information content (AvgIpc) is 2.45. The van der Waals surface area contributed by atoms with Gasteiger partial charge in [0, 0.05) is 0 Å². The SMILES string of the molecule is N=C(N)c1cnc(OCCCc2ccccc2)cn1. The maximum Gasteiger partial charge on any atom is 0.232 e. The number of aryl methyl sites for hydroxylation is 1. The first-order valence-electron chi connectivity index (χ1n) is 6.09. The van der Waals surface area contributed by atoms with Crippen LogP contribution in [0.15, 0.2) is 42.7 Å². The molecule has 0 aliphatic carbocycles. The van der Waals surface area contributed by atoms with Crippen molar-refractivity contribution in [2.75, 3.05) is 6.61 Å².